The Hall–Kier alpha value is -6.13. The van der Waals surface area contributed by atoms with E-state index in [1.54, 1.807) is 36.4 Å². The number of benzene rings is 1. The van der Waals surface area contributed by atoms with Crippen molar-refractivity contribution in [3.05, 3.63) is 58.5 Å². The van der Waals surface area contributed by atoms with Crippen molar-refractivity contribution >= 4 is 47.8 Å². The van der Waals surface area contributed by atoms with E-state index in [4.69, 9.17) is 56.8 Å². The van der Waals surface area contributed by atoms with Gasteiger partial charge < -0.3 is 56.8 Å². The van der Waals surface area contributed by atoms with Gasteiger partial charge in [0.05, 0.1) is 12.2 Å². The van der Waals surface area contributed by atoms with Gasteiger partial charge in [-0.25, -0.2) is 4.79 Å². The van der Waals surface area contributed by atoms with E-state index >= 15 is 0 Å². The lowest BCUT2D eigenvalue weighted by Crippen LogP contribution is -2.67. The Kier molecular flexibility index (Phi) is 28.3. The molecule has 2 aliphatic rings. The molecule has 0 amide bonds. The maximum Gasteiger partial charge on any atom is 0.338 e. The number of allylic oxidation sites excluding steroid dienone is 1. The van der Waals surface area contributed by atoms with Crippen molar-refractivity contribution in [3.8, 4) is 0 Å². The number of ether oxygens (including phenoxy) is 12. The summed E-state index contributed by atoms with van der Waals surface area (Å²) in [6, 6.07) is 6.82. The summed E-state index contributed by atoms with van der Waals surface area (Å²) < 4.78 is 69.5. The van der Waals surface area contributed by atoms with Crippen molar-refractivity contribution in [1.82, 2.24) is 0 Å². The molecule has 0 aliphatic carbocycles. The molecule has 0 saturated carbocycles. The van der Waals surface area contributed by atoms with Crippen molar-refractivity contribution in [2.75, 3.05) is 19.8 Å². The lowest BCUT2D eigenvalue weighted by Gasteiger charge is -2.48. The third kappa shape index (κ3) is 22.6. The SMILES string of the molecule is CCCCCCCCCCCCC/C=C/[C@@H](OC(=O)c1ccccc1)[C@H](CO[C@@H]1O[C@H](COC(C)=O)[C@@H](O[C@@H]2O[C@H](COC(C)=O)[C@H](OC(C)=O)[C@H](OC(C)=O)[C@H]2OC(C)=O)[C@H](OC(C)=O)[C@H]1OC(C)=O)N=[N+]=[N-]. The molecule has 412 valence electrons. The molecule has 0 radical (unpaired) electrons. The van der Waals surface area contributed by atoms with Crippen LogP contribution in [0.4, 0.5) is 0 Å². The fourth-order valence-electron chi connectivity index (χ4n) is 8.23. The van der Waals surface area contributed by atoms with Gasteiger partial charge in [0, 0.05) is 53.4 Å². The first-order valence-electron chi connectivity index (χ1n) is 25.0. The van der Waals surface area contributed by atoms with Gasteiger partial charge >= 0.3 is 47.8 Å². The van der Waals surface area contributed by atoms with E-state index in [-0.39, 0.29) is 5.56 Å². The molecular formula is C51H73N3O20. The van der Waals surface area contributed by atoms with E-state index in [1.165, 1.54) is 44.9 Å². The van der Waals surface area contributed by atoms with Crippen molar-refractivity contribution in [3.63, 3.8) is 0 Å². The molecule has 23 heteroatoms. The summed E-state index contributed by atoms with van der Waals surface area (Å²) in [5, 5.41) is 3.90. The minimum absolute atomic E-state index is 0.211. The van der Waals surface area contributed by atoms with Crippen molar-refractivity contribution < 1.29 is 95.2 Å². The van der Waals surface area contributed by atoms with Crippen LogP contribution in [-0.4, -0.2) is 141 Å². The van der Waals surface area contributed by atoms with Crippen LogP contribution in [0.25, 0.3) is 10.4 Å². The molecule has 0 spiro atoms. The second kappa shape index (κ2) is 33.6. The largest absolute Gasteiger partial charge is 0.463 e. The lowest BCUT2D eigenvalue weighted by atomic mass is 9.96. The molecule has 1 aromatic rings. The maximum atomic E-state index is 13.5. The summed E-state index contributed by atoms with van der Waals surface area (Å²) in [5.41, 5.74) is 10.0. The minimum Gasteiger partial charge on any atom is -0.463 e. The number of carbonyl (C=O) groups is 8. The molecule has 1 aromatic carbocycles. The first-order valence-corrected chi connectivity index (χ1v) is 25.0. The van der Waals surface area contributed by atoms with Crippen molar-refractivity contribution in [1.29, 1.82) is 0 Å². The van der Waals surface area contributed by atoms with Crippen molar-refractivity contribution in [2.24, 2.45) is 5.11 Å². The van der Waals surface area contributed by atoms with Gasteiger partial charge in [0.15, 0.2) is 43.1 Å². The van der Waals surface area contributed by atoms with Crippen LogP contribution < -0.4 is 0 Å². The minimum atomic E-state index is -1.90. The monoisotopic (exact) mass is 1050 g/mol. The van der Waals surface area contributed by atoms with E-state index in [9.17, 15) is 43.9 Å². The number of carbonyl (C=O) groups excluding carboxylic acids is 8. The van der Waals surface area contributed by atoms with Crippen LogP contribution >= 0.6 is 0 Å². The fourth-order valence-corrected chi connectivity index (χ4v) is 8.23. The van der Waals surface area contributed by atoms with E-state index in [0.717, 1.165) is 74.1 Å². The summed E-state index contributed by atoms with van der Waals surface area (Å²) >= 11 is 0. The Morgan fingerprint density at radius 2 is 1.03 bits per heavy atom. The van der Waals surface area contributed by atoms with Gasteiger partial charge in [-0.05, 0) is 36.6 Å². The molecule has 0 aromatic heterocycles. The normalized spacial score (nSPS) is 24.2. The van der Waals surface area contributed by atoms with E-state index in [2.05, 4.69) is 16.9 Å². The number of hydrogen-bond acceptors (Lipinski definition) is 21. The molecule has 12 atom stereocenters. The van der Waals surface area contributed by atoms with Gasteiger partial charge in [0.25, 0.3) is 0 Å². The van der Waals surface area contributed by atoms with Crippen LogP contribution in [0, 0.1) is 0 Å². The van der Waals surface area contributed by atoms with Crippen LogP contribution in [0.2, 0.25) is 0 Å². The number of rotatable bonds is 31. The molecule has 0 unspecified atom stereocenters. The zero-order valence-electron chi connectivity index (χ0n) is 43.6. The smallest absolute Gasteiger partial charge is 0.338 e. The van der Waals surface area contributed by atoms with Crippen molar-refractivity contribution in [2.45, 2.75) is 206 Å². The number of unbranched alkanes of at least 4 members (excludes halogenated alkanes) is 11. The Bertz CT molecular complexity index is 2050. The number of esters is 8. The highest BCUT2D eigenvalue weighted by atomic mass is 16.8. The van der Waals surface area contributed by atoms with Crippen LogP contribution in [-0.2, 0) is 90.4 Å². The Labute approximate surface area is 431 Å². The maximum absolute atomic E-state index is 13.5. The predicted octanol–water partition coefficient (Wildman–Crippen LogP) is 6.78. The summed E-state index contributed by atoms with van der Waals surface area (Å²) in [6.07, 6.45) is -1.50. The highest BCUT2D eigenvalue weighted by Crippen LogP contribution is 2.36. The summed E-state index contributed by atoms with van der Waals surface area (Å²) in [4.78, 5) is 104. The van der Waals surface area contributed by atoms with Gasteiger partial charge in [-0.2, -0.15) is 0 Å². The van der Waals surface area contributed by atoms with E-state index in [0.29, 0.717) is 6.42 Å². The molecule has 2 heterocycles. The lowest BCUT2D eigenvalue weighted by molar-refractivity contribution is -0.361. The van der Waals surface area contributed by atoms with Crippen LogP contribution in [0.1, 0.15) is 143 Å². The van der Waals surface area contributed by atoms with Gasteiger partial charge in [0.1, 0.15) is 43.7 Å². The standard InChI is InChI=1S/C51H73N3O20/c1-9-10-11-12-13-14-15-16-17-18-19-20-24-27-40(71-49(62)38-25-22-21-23-26-38)39(53-54-52)28-65-50-47(69-36(7)60)46(68-35(6)59)44(42(72-50)30-64-32(3)56)74-51-48(70-37(8)61)45(67-34(5)58)43(66-33(4)57)41(73-51)29-63-31(2)55/h21-27,39-48,50-51H,9-20,28-30H2,1-8H3/b27-24+/t39-,40+,41+,42+,43-,44+,45-,46-,47+,48+,50+,51-/m0/s1. The first-order chi connectivity index (χ1) is 35.3. The first kappa shape index (κ1) is 62.2. The topological polar surface area (TPSA) is 296 Å². The Morgan fingerprint density at radius 3 is 1.53 bits per heavy atom. The number of nitrogens with zero attached hydrogens (tertiary/aromatic N) is 3. The van der Waals surface area contributed by atoms with Gasteiger partial charge in [-0.15, -0.1) is 0 Å². The summed E-state index contributed by atoms with van der Waals surface area (Å²) in [5.74, 6) is -7.03. The van der Waals surface area contributed by atoms with Gasteiger partial charge in [-0.3, -0.25) is 33.6 Å². The average molecular weight is 1050 g/mol. The zero-order valence-corrected chi connectivity index (χ0v) is 43.6. The zero-order chi connectivity index (χ0) is 54.6. The van der Waals surface area contributed by atoms with E-state index in [1.807, 2.05) is 6.08 Å². The second-order valence-electron chi connectivity index (χ2n) is 17.8. The summed E-state index contributed by atoms with van der Waals surface area (Å²) in [7, 11) is 0. The fraction of sp³-hybridized carbons (Fsp3) is 0.686. The van der Waals surface area contributed by atoms with Crippen LogP contribution in [0.15, 0.2) is 47.6 Å². The number of azide groups is 1. The van der Waals surface area contributed by atoms with E-state index < -0.39 is 141 Å². The molecule has 2 saturated heterocycles. The van der Waals surface area contributed by atoms with Gasteiger partial charge in [0.2, 0.25) is 0 Å². The highest BCUT2D eigenvalue weighted by Gasteiger charge is 2.58. The van der Waals surface area contributed by atoms with Crippen LogP contribution in [0.5, 0.6) is 0 Å². The molecule has 23 nitrogen and oxygen atoms in total. The molecule has 74 heavy (non-hydrogen) atoms. The molecule has 0 N–H and O–H groups in total. The average Bonchev–Trinajstić information content (AvgIpc) is 3.33. The third-order valence-electron chi connectivity index (χ3n) is 11.4. The molecule has 2 fully saturated rings. The van der Waals surface area contributed by atoms with Gasteiger partial charge in [-0.1, -0.05) is 101 Å². The molecule has 3 rings (SSSR count). The molecular weight excluding hydrogens is 975 g/mol. The van der Waals surface area contributed by atoms with Crippen LogP contribution in [0.3, 0.4) is 0 Å². The highest BCUT2D eigenvalue weighted by molar-refractivity contribution is 5.89. The second-order valence-corrected chi connectivity index (χ2v) is 17.8. The number of hydrogen-bond donors (Lipinski definition) is 0. The quantitative estimate of drug-likeness (QED) is 0.0141. The summed E-state index contributed by atoms with van der Waals surface area (Å²) in [6.45, 7) is 7.61. The molecule has 2 aliphatic heterocycles. The third-order valence-corrected chi connectivity index (χ3v) is 11.4. The Morgan fingerprint density at radius 1 is 0.581 bits per heavy atom. The molecule has 0 bridgehead atoms. The predicted molar refractivity (Wildman–Crippen MR) is 258 cm³/mol. The Balaban J connectivity index is 2.03.